The lowest BCUT2D eigenvalue weighted by atomic mass is 9.51. The van der Waals surface area contributed by atoms with Crippen LogP contribution in [0.5, 0.6) is 0 Å². The SMILES string of the molecule is C=C1CCC2C3CC(C)=C4CC(C)CCC4C3CCC12C. The molecule has 4 aliphatic carbocycles. The molecule has 0 heteroatoms. The number of allylic oxidation sites excluding steroid dienone is 3. The van der Waals surface area contributed by atoms with Gasteiger partial charge >= 0.3 is 0 Å². The number of hydrogen-bond acceptors (Lipinski definition) is 0. The highest BCUT2D eigenvalue weighted by atomic mass is 14.6. The maximum Gasteiger partial charge on any atom is -0.00878 e. The highest BCUT2D eigenvalue weighted by Crippen LogP contribution is 2.63. The van der Waals surface area contributed by atoms with Crippen molar-refractivity contribution in [2.24, 2.45) is 35.0 Å². The first-order valence-electron chi connectivity index (χ1n) is 9.37. The quantitative estimate of drug-likeness (QED) is 0.469. The minimum atomic E-state index is 0.487. The molecule has 4 aliphatic rings. The Morgan fingerprint density at radius 1 is 1.05 bits per heavy atom. The monoisotopic (exact) mass is 284 g/mol. The molecule has 116 valence electrons. The van der Waals surface area contributed by atoms with Gasteiger partial charge in [0.15, 0.2) is 0 Å². The normalized spacial score (nSPS) is 49.7. The molecule has 3 saturated carbocycles. The van der Waals surface area contributed by atoms with E-state index in [9.17, 15) is 0 Å². The van der Waals surface area contributed by atoms with Crippen LogP contribution < -0.4 is 0 Å². The number of fused-ring (bicyclic) bond motifs is 5. The smallest absolute Gasteiger partial charge is 0.00878 e. The van der Waals surface area contributed by atoms with E-state index in [1.54, 1.807) is 11.1 Å². The molecule has 0 aromatic carbocycles. The zero-order valence-electron chi connectivity index (χ0n) is 14.3. The highest BCUT2D eigenvalue weighted by molar-refractivity contribution is 5.28. The van der Waals surface area contributed by atoms with E-state index in [-0.39, 0.29) is 0 Å². The lowest BCUT2D eigenvalue weighted by molar-refractivity contribution is 0.0200. The molecule has 0 radical (unpaired) electrons. The van der Waals surface area contributed by atoms with Gasteiger partial charge in [0.25, 0.3) is 0 Å². The lowest BCUT2D eigenvalue weighted by Crippen LogP contribution is -2.45. The van der Waals surface area contributed by atoms with E-state index >= 15 is 0 Å². The van der Waals surface area contributed by atoms with Crippen molar-refractivity contribution in [1.29, 1.82) is 0 Å². The van der Waals surface area contributed by atoms with Crippen LogP contribution in [0.3, 0.4) is 0 Å². The van der Waals surface area contributed by atoms with Gasteiger partial charge in [-0.2, -0.15) is 0 Å². The molecule has 21 heavy (non-hydrogen) atoms. The predicted octanol–water partition coefficient (Wildman–Crippen LogP) is 6.14. The third kappa shape index (κ3) is 1.93. The van der Waals surface area contributed by atoms with Crippen molar-refractivity contribution in [3.63, 3.8) is 0 Å². The van der Waals surface area contributed by atoms with Crippen LogP contribution in [-0.2, 0) is 0 Å². The van der Waals surface area contributed by atoms with Crippen LogP contribution in [0.25, 0.3) is 0 Å². The predicted molar refractivity (Wildman–Crippen MR) is 90.0 cm³/mol. The Labute approximate surface area is 131 Å². The second kappa shape index (κ2) is 4.74. The zero-order chi connectivity index (χ0) is 14.8. The average Bonchev–Trinajstić information content (AvgIpc) is 2.76. The van der Waals surface area contributed by atoms with E-state index in [0.717, 1.165) is 29.6 Å². The summed E-state index contributed by atoms with van der Waals surface area (Å²) in [5.74, 6) is 4.83. The molecular weight excluding hydrogens is 252 g/mol. The summed E-state index contributed by atoms with van der Waals surface area (Å²) in [6.45, 7) is 11.9. The van der Waals surface area contributed by atoms with Gasteiger partial charge in [-0.05, 0) is 93.3 Å². The average molecular weight is 284 g/mol. The molecule has 0 bridgehead atoms. The van der Waals surface area contributed by atoms with Crippen LogP contribution in [0.15, 0.2) is 23.3 Å². The van der Waals surface area contributed by atoms with E-state index in [2.05, 4.69) is 27.4 Å². The van der Waals surface area contributed by atoms with E-state index in [1.807, 2.05) is 5.57 Å². The van der Waals surface area contributed by atoms with Gasteiger partial charge in [0, 0.05) is 0 Å². The number of hydrogen-bond donors (Lipinski definition) is 0. The molecule has 0 aliphatic heterocycles. The Hall–Kier alpha value is -0.520. The van der Waals surface area contributed by atoms with E-state index in [1.165, 1.54) is 51.4 Å². The van der Waals surface area contributed by atoms with Crippen molar-refractivity contribution in [3.05, 3.63) is 23.3 Å². The summed E-state index contributed by atoms with van der Waals surface area (Å²) in [7, 11) is 0. The fourth-order valence-electron chi connectivity index (χ4n) is 6.73. The molecule has 6 unspecified atom stereocenters. The summed E-state index contributed by atoms with van der Waals surface area (Å²) in [4.78, 5) is 0. The Balaban J connectivity index is 1.68. The van der Waals surface area contributed by atoms with E-state index in [0.29, 0.717) is 5.41 Å². The van der Waals surface area contributed by atoms with E-state index in [4.69, 9.17) is 0 Å². The summed E-state index contributed by atoms with van der Waals surface area (Å²) < 4.78 is 0. The number of rotatable bonds is 0. The van der Waals surface area contributed by atoms with Crippen LogP contribution in [0, 0.1) is 35.0 Å². The third-order valence-electron chi connectivity index (χ3n) is 8.04. The molecule has 0 aromatic heterocycles. The molecule has 4 rings (SSSR count). The van der Waals surface area contributed by atoms with Crippen LogP contribution >= 0.6 is 0 Å². The Bertz CT molecular complexity index is 496. The largest absolute Gasteiger partial charge is 0.0993 e. The summed E-state index contributed by atoms with van der Waals surface area (Å²) in [6.07, 6.45) is 11.4. The van der Waals surface area contributed by atoms with Gasteiger partial charge in [0.1, 0.15) is 0 Å². The van der Waals surface area contributed by atoms with Crippen molar-refractivity contribution in [1.82, 2.24) is 0 Å². The standard InChI is InChI=1S/C21H32/c1-13-5-7-16-17-9-10-21(4)15(3)6-8-20(21)19(17)12-14(2)18(16)11-13/h13,16-17,19-20H,3,5-12H2,1-2,4H3. The van der Waals surface area contributed by atoms with Crippen LogP contribution in [0.1, 0.15) is 72.1 Å². The van der Waals surface area contributed by atoms with Gasteiger partial charge < -0.3 is 0 Å². The van der Waals surface area contributed by atoms with Crippen LogP contribution in [0.4, 0.5) is 0 Å². The summed E-state index contributed by atoms with van der Waals surface area (Å²) in [6, 6.07) is 0. The minimum Gasteiger partial charge on any atom is -0.0993 e. The molecule has 0 heterocycles. The summed E-state index contributed by atoms with van der Waals surface area (Å²) >= 11 is 0. The minimum absolute atomic E-state index is 0.487. The first-order chi connectivity index (χ1) is 10.0. The summed E-state index contributed by atoms with van der Waals surface area (Å²) in [5.41, 5.74) is 5.75. The van der Waals surface area contributed by atoms with Crippen LogP contribution in [0.2, 0.25) is 0 Å². The first-order valence-corrected chi connectivity index (χ1v) is 9.37. The Morgan fingerprint density at radius 3 is 2.67 bits per heavy atom. The molecule has 0 N–H and O–H groups in total. The first kappa shape index (κ1) is 14.1. The molecule has 0 nitrogen and oxygen atoms in total. The molecule has 0 spiro atoms. The second-order valence-electron chi connectivity index (χ2n) is 9.04. The van der Waals surface area contributed by atoms with Crippen molar-refractivity contribution < 1.29 is 0 Å². The van der Waals surface area contributed by atoms with Crippen molar-refractivity contribution in [2.75, 3.05) is 0 Å². The third-order valence-corrected chi connectivity index (χ3v) is 8.04. The highest BCUT2D eigenvalue weighted by Gasteiger charge is 2.53. The Kier molecular flexibility index (Phi) is 3.18. The van der Waals surface area contributed by atoms with Gasteiger partial charge in [-0.1, -0.05) is 37.1 Å². The van der Waals surface area contributed by atoms with Gasteiger partial charge in [-0.25, -0.2) is 0 Å². The molecule has 3 fully saturated rings. The molecule has 6 atom stereocenters. The topological polar surface area (TPSA) is 0 Å². The maximum atomic E-state index is 4.45. The van der Waals surface area contributed by atoms with E-state index < -0.39 is 0 Å². The van der Waals surface area contributed by atoms with Gasteiger partial charge in [0.05, 0.1) is 0 Å². The molecule has 0 amide bonds. The van der Waals surface area contributed by atoms with Gasteiger partial charge in [0.2, 0.25) is 0 Å². The fourth-order valence-corrected chi connectivity index (χ4v) is 6.73. The zero-order valence-corrected chi connectivity index (χ0v) is 14.3. The molecular formula is C21H32. The van der Waals surface area contributed by atoms with Gasteiger partial charge in [-0.3, -0.25) is 0 Å². The molecule has 0 saturated heterocycles. The Morgan fingerprint density at radius 2 is 1.86 bits per heavy atom. The van der Waals surface area contributed by atoms with Gasteiger partial charge in [-0.15, -0.1) is 0 Å². The molecule has 0 aromatic rings. The maximum absolute atomic E-state index is 4.45. The lowest BCUT2D eigenvalue weighted by Gasteiger charge is -2.53. The second-order valence-corrected chi connectivity index (χ2v) is 9.04. The fraction of sp³-hybridized carbons (Fsp3) is 0.810. The van der Waals surface area contributed by atoms with Crippen molar-refractivity contribution in [2.45, 2.75) is 72.1 Å². The van der Waals surface area contributed by atoms with Crippen molar-refractivity contribution in [3.8, 4) is 0 Å². The summed E-state index contributed by atoms with van der Waals surface area (Å²) in [5, 5.41) is 0. The van der Waals surface area contributed by atoms with Crippen molar-refractivity contribution >= 4 is 0 Å². The van der Waals surface area contributed by atoms with Crippen LogP contribution in [-0.4, -0.2) is 0 Å².